The molecule has 0 saturated carbocycles. The average molecular weight is 338 g/mol. The maximum atomic E-state index is 12.8. The van der Waals surface area contributed by atoms with Crippen molar-refractivity contribution in [2.45, 2.75) is 26.3 Å². The van der Waals surface area contributed by atoms with E-state index in [4.69, 9.17) is 10.3 Å². The summed E-state index contributed by atoms with van der Waals surface area (Å²) in [6, 6.07) is 7.94. The lowest BCUT2D eigenvalue weighted by molar-refractivity contribution is 0.0728. The van der Waals surface area contributed by atoms with Crippen LogP contribution in [0, 0.1) is 0 Å². The monoisotopic (exact) mass is 338 g/mol. The Morgan fingerprint density at radius 3 is 3.04 bits per heavy atom. The van der Waals surface area contributed by atoms with E-state index in [2.05, 4.69) is 22.4 Å². The minimum Gasteiger partial charge on any atom is -0.367 e. The third kappa shape index (κ3) is 2.65. The lowest BCUT2D eigenvalue weighted by Crippen LogP contribution is -2.36. The molecule has 8 nitrogen and oxygen atoms in total. The highest BCUT2D eigenvalue weighted by Crippen LogP contribution is 2.24. The first-order chi connectivity index (χ1) is 12.2. The Kier molecular flexibility index (Phi) is 3.72. The lowest BCUT2D eigenvalue weighted by Gasteiger charge is -2.24. The molecule has 3 heterocycles. The minimum atomic E-state index is -0.175. The van der Waals surface area contributed by atoms with Crippen molar-refractivity contribution < 1.29 is 9.32 Å². The number of fused-ring (bicyclic) bond motifs is 1. The van der Waals surface area contributed by atoms with Gasteiger partial charge in [-0.2, -0.15) is 0 Å². The van der Waals surface area contributed by atoms with Gasteiger partial charge >= 0.3 is 0 Å². The molecule has 0 radical (unpaired) electrons. The van der Waals surface area contributed by atoms with Gasteiger partial charge in [-0.25, -0.2) is 4.68 Å². The summed E-state index contributed by atoms with van der Waals surface area (Å²) < 4.78 is 6.64. The Labute approximate surface area is 144 Å². The highest BCUT2D eigenvalue weighted by atomic mass is 16.5. The average Bonchev–Trinajstić information content (AvgIpc) is 3.28. The first-order valence-corrected chi connectivity index (χ1v) is 8.20. The third-order valence-electron chi connectivity index (χ3n) is 4.49. The lowest BCUT2D eigenvalue weighted by atomic mass is 10.1. The van der Waals surface area contributed by atoms with Gasteiger partial charge in [0.15, 0.2) is 5.69 Å². The van der Waals surface area contributed by atoms with E-state index in [1.54, 1.807) is 15.8 Å². The van der Waals surface area contributed by atoms with Gasteiger partial charge < -0.3 is 15.2 Å². The van der Waals surface area contributed by atoms with E-state index < -0.39 is 0 Å². The number of amides is 1. The number of anilines is 1. The van der Waals surface area contributed by atoms with E-state index in [1.165, 1.54) is 0 Å². The summed E-state index contributed by atoms with van der Waals surface area (Å²) in [6.07, 6.45) is 3.17. The number of nitrogens with two attached hydrogens (primary N) is 1. The second-order valence-corrected chi connectivity index (χ2v) is 5.98. The fourth-order valence-electron chi connectivity index (χ4n) is 3.08. The molecular formula is C17H18N6O2. The molecule has 0 spiro atoms. The van der Waals surface area contributed by atoms with Gasteiger partial charge in [0, 0.05) is 13.0 Å². The SMILES string of the molecule is CCc1ccccc1-n1cc(C(=O)N2CCc3noc(N)c3C2)nn1. The van der Waals surface area contributed by atoms with E-state index in [0.29, 0.717) is 25.2 Å². The maximum absolute atomic E-state index is 12.8. The molecule has 1 aliphatic rings. The summed E-state index contributed by atoms with van der Waals surface area (Å²) in [7, 11) is 0. The number of aryl methyl sites for hydroxylation is 1. The van der Waals surface area contributed by atoms with Gasteiger partial charge in [-0.15, -0.1) is 5.10 Å². The molecule has 0 atom stereocenters. The Balaban J connectivity index is 1.58. The first-order valence-electron chi connectivity index (χ1n) is 8.20. The summed E-state index contributed by atoms with van der Waals surface area (Å²) in [5, 5.41) is 12.1. The number of nitrogens with zero attached hydrogens (tertiary/aromatic N) is 5. The van der Waals surface area contributed by atoms with Crippen LogP contribution in [0.4, 0.5) is 5.88 Å². The Hall–Kier alpha value is -3.16. The van der Waals surface area contributed by atoms with Crippen LogP contribution in [0.3, 0.4) is 0 Å². The Bertz CT molecular complexity index is 929. The van der Waals surface area contributed by atoms with Gasteiger partial charge in [-0.1, -0.05) is 35.5 Å². The van der Waals surface area contributed by atoms with Crippen LogP contribution >= 0.6 is 0 Å². The number of rotatable bonds is 3. The predicted molar refractivity (Wildman–Crippen MR) is 90.1 cm³/mol. The quantitative estimate of drug-likeness (QED) is 0.778. The molecule has 1 aromatic carbocycles. The molecule has 2 aromatic heterocycles. The standard InChI is InChI=1S/C17H18N6O2/c1-2-11-5-3-4-6-15(11)23-10-14(19-21-23)17(24)22-8-7-13-12(9-22)16(18)25-20-13/h3-6,10H,2,7-9,18H2,1H3. The Morgan fingerprint density at radius 1 is 1.36 bits per heavy atom. The van der Waals surface area contributed by atoms with Crippen molar-refractivity contribution in [3.63, 3.8) is 0 Å². The molecule has 0 bridgehead atoms. The van der Waals surface area contributed by atoms with E-state index >= 15 is 0 Å². The number of para-hydroxylation sites is 1. The smallest absolute Gasteiger partial charge is 0.276 e. The topological polar surface area (TPSA) is 103 Å². The van der Waals surface area contributed by atoms with E-state index in [-0.39, 0.29) is 11.8 Å². The van der Waals surface area contributed by atoms with Crippen molar-refractivity contribution in [1.29, 1.82) is 0 Å². The van der Waals surface area contributed by atoms with Crippen LogP contribution in [0.2, 0.25) is 0 Å². The molecule has 2 N–H and O–H groups in total. The summed E-state index contributed by atoms with van der Waals surface area (Å²) in [5.41, 5.74) is 9.76. The molecule has 0 saturated heterocycles. The molecule has 0 fully saturated rings. The molecule has 128 valence electrons. The summed E-state index contributed by atoms with van der Waals surface area (Å²) in [6.45, 7) is 3.01. The van der Waals surface area contributed by atoms with Crippen molar-refractivity contribution in [2.24, 2.45) is 0 Å². The highest BCUT2D eigenvalue weighted by molar-refractivity contribution is 5.92. The largest absolute Gasteiger partial charge is 0.367 e. The van der Waals surface area contributed by atoms with Crippen molar-refractivity contribution in [3.05, 3.63) is 53.0 Å². The van der Waals surface area contributed by atoms with Crippen LogP contribution in [-0.2, 0) is 19.4 Å². The zero-order chi connectivity index (χ0) is 17.4. The fraction of sp³-hybridized carbons (Fsp3) is 0.294. The second kappa shape index (κ2) is 6.04. The van der Waals surface area contributed by atoms with E-state index in [1.807, 2.05) is 24.3 Å². The number of aromatic nitrogens is 4. The van der Waals surface area contributed by atoms with Crippen molar-refractivity contribution >= 4 is 11.8 Å². The summed E-state index contributed by atoms with van der Waals surface area (Å²) in [5.74, 6) is 0.0968. The molecule has 4 rings (SSSR count). The van der Waals surface area contributed by atoms with Crippen LogP contribution in [0.25, 0.3) is 5.69 Å². The maximum Gasteiger partial charge on any atom is 0.276 e. The molecule has 3 aromatic rings. The van der Waals surface area contributed by atoms with Gasteiger partial charge in [0.2, 0.25) is 5.88 Å². The van der Waals surface area contributed by atoms with Crippen molar-refractivity contribution in [3.8, 4) is 5.69 Å². The van der Waals surface area contributed by atoms with Crippen molar-refractivity contribution in [1.82, 2.24) is 25.1 Å². The molecule has 0 unspecified atom stereocenters. The molecule has 8 heteroatoms. The molecule has 25 heavy (non-hydrogen) atoms. The zero-order valence-electron chi connectivity index (χ0n) is 13.8. The Morgan fingerprint density at radius 2 is 2.20 bits per heavy atom. The number of hydrogen-bond donors (Lipinski definition) is 1. The van der Waals surface area contributed by atoms with E-state index in [0.717, 1.165) is 28.9 Å². The molecule has 1 aliphatic heterocycles. The van der Waals surface area contributed by atoms with Gasteiger partial charge in [-0.05, 0) is 18.1 Å². The van der Waals surface area contributed by atoms with Crippen LogP contribution in [0.5, 0.6) is 0 Å². The number of nitrogen functional groups attached to an aromatic ring is 1. The van der Waals surface area contributed by atoms with E-state index in [9.17, 15) is 4.79 Å². The van der Waals surface area contributed by atoms with Gasteiger partial charge in [-0.3, -0.25) is 4.79 Å². The van der Waals surface area contributed by atoms with Gasteiger partial charge in [0.1, 0.15) is 0 Å². The van der Waals surface area contributed by atoms with Gasteiger partial charge in [0.25, 0.3) is 5.91 Å². The molecule has 0 aliphatic carbocycles. The minimum absolute atomic E-state index is 0.175. The predicted octanol–water partition coefficient (Wildman–Crippen LogP) is 1.60. The molecule has 1 amide bonds. The van der Waals surface area contributed by atoms with Crippen LogP contribution in [0.1, 0.15) is 34.2 Å². The fourth-order valence-corrected chi connectivity index (χ4v) is 3.08. The zero-order valence-corrected chi connectivity index (χ0v) is 13.8. The number of benzene rings is 1. The normalized spacial score (nSPS) is 13.7. The van der Waals surface area contributed by atoms with Crippen LogP contribution in [0.15, 0.2) is 35.0 Å². The highest BCUT2D eigenvalue weighted by Gasteiger charge is 2.28. The van der Waals surface area contributed by atoms with Gasteiger partial charge in [0.05, 0.1) is 29.7 Å². The number of carbonyl (C=O) groups excluding carboxylic acids is 1. The van der Waals surface area contributed by atoms with Crippen molar-refractivity contribution in [2.75, 3.05) is 12.3 Å². The number of hydrogen-bond acceptors (Lipinski definition) is 6. The summed E-state index contributed by atoms with van der Waals surface area (Å²) >= 11 is 0. The summed E-state index contributed by atoms with van der Waals surface area (Å²) in [4.78, 5) is 14.5. The molecular weight excluding hydrogens is 320 g/mol. The number of carbonyl (C=O) groups is 1. The third-order valence-corrected chi connectivity index (χ3v) is 4.49. The van der Waals surface area contributed by atoms with Crippen LogP contribution in [-0.4, -0.2) is 37.5 Å². The second-order valence-electron chi connectivity index (χ2n) is 5.98. The van der Waals surface area contributed by atoms with Crippen LogP contribution < -0.4 is 5.73 Å². The first kappa shape index (κ1) is 15.4.